The van der Waals surface area contributed by atoms with E-state index in [1.807, 2.05) is 13.2 Å². The lowest BCUT2D eigenvalue weighted by Crippen LogP contribution is -2.13. The van der Waals surface area contributed by atoms with E-state index in [0.29, 0.717) is 0 Å². The van der Waals surface area contributed by atoms with Crippen molar-refractivity contribution in [2.45, 2.75) is 65.3 Å². The van der Waals surface area contributed by atoms with Crippen molar-refractivity contribution >= 4 is 0 Å². The van der Waals surface area contributed by atoms with Gasteiger partial charge in [0.25, 0.3) is 0 Å². The number of hydrogen-bond donors (Lipinski definition) is 1. The zero-order valence-electron chi connectivity index (χ0n) is 12.9. The third kappa shape index (κ3) is 7.31. The number of rotatable bonds is 11. The van der Waals surface area contributed by atoms with E-state index in [2.05, 4.69) is 34.2 Å². The quantitative estimate of drug-likeness (QED) is 0.626. The highest BCUT2D eigenvalue weighted by molar-refractivity contribution is 4.93. The molecule has 0 radical (unpaired) electrons. The van der Waals surface area contributed by atoms with Gasteiger partial charge in [-0.3, -0.25) is 0 Å². The lowest BCUT2D eigenvalue weighted by molar-refractivity contribution is 0.504. The zero-order chi connectivity index (χ0) is 13.9. The molecule has 0 bridgehead atoms. The van der Waals surface area contributed by atoms with Crippen LogP contribution >= 0.6 is 0 Å². The molecule has 1 N–H and O–H groups in total. The topological polar surface area (TPSA) is 42.7 Å². The largest absolute Gasteiger partial charge is 0.320 e. The maximum absolute atomic E-state index is 4.17. The highest BCUT2D eigenvalue weighted by atomic mass is 15.4. The molecule has 1 aromatic rings. The van der Waals surface area contributed by atoms with Gasteiger partial charge in [-0.25, -0.2) is 4.68 Å². The second-order valence-corrected chi connectivity index (χ2v) is 5.75. The van der Waals surface area contributed by atoms with Gasteiger partial charge in [-0.05, 0) is 38.8 Å². The highest BCUT2D eigenvalue weighted by Crippen LogP contribution is 2.11. The molecule has 0 amide bonds. The van der Waals surface area contributed by atoms with E-state index in [9.17, 15) is 0 Å². The summed E-state index contributed by atoms with van der Waals surface area (Å²) in [5.74, 6) is 0.845. The molecule has 1 rings (SSSR count). The zero-order valence-corrected chi connectivity index (χ0v) is 12.9. The Morgan fingerprint density at radius 3 is 2.68 bits per heavy atom. The van der Waals surface area contributed by atoms with Crippen molar-refractivity contribution in [3.8, 4) is 0 Å². The Labute approximate surface area is 118 Å². The fraction of sp³-hybridized carbons (Fsp3) is 0.867. The Bertz CT molecular complexity index is 320. The Kier molecular flexibility index (Phi) is 8.47. The molecule has 1 heterocycles. The molecule has 1 aromatic heterocycles. The second kappa shape index (κ2) is 9.96. The van der Waals surface area contributed by atoms with Crippen LogP contribution < -0.4 is 5.32 Å². The van der Waals surface area contributed by atoms with E-state index in [1.165, 1.54) is 37.8 Å². The lowest BCUT2D eigenvalue weighted by atomic mass is 10.0. The normalized spacial score (nSPS) is 11.4. The molecule has 0 aromatic carbocycles. The van der Waals surface area contributed by atoms with E-state index < -0.39 is 0 Å². The van der Waals surface area contributed by atoms with Crippen molar-refractivity contribution in [3.63, 3.8) is 0 Å². The summed E-state index contributed by atoms with van der Waals surface area (Å²) < 4.78 is 2.06. The number of unbranched alkanes of at least 4 members (excludes halogenated alkanes) is 3. The third-order valence-corrected chi connectivity index (χ3v) is 3.46. The average molecular weight is 266 g/mol. The van der Waals surface area contributed by atoms with Crippen LogP contribution in [0.3, 0.4) is 0 Å². The molecule has 4 heteroatoms. The van der Waals surface area contributed by atoms with Crippen LogP contribution in [0.1, 0.15) is 58.1 Å². The maximum atomic E-state index is 4.17. The second-order valence-electron chi connectivity index (χ2n) is 5.75. The summed E-state index contributed by atoms with van der Waals surface area (Å²) in [6.45, 7) is 6.61. The summed E-state index contributed by atoms with van der Waals surface area (Å²) in [6, 6.07) is 0. The monoisotopic (exact) mass is 266 g/mol. The summed E-state index contributed by atoms with van der Waals surface area (Å²) in [6.07, 6.45) is 10.8. The molecular weight excluding hydrogens is 236 g/mol. The predicted octanol–water partition coefficient (Wildman–Crippen LogP) is 3.04. The SMILES string of the molecule is CNCCCn1nncc1CCCCCCC(C)C. The number of nitrogens with zero attached hydrogens (tertiary/aromatic N) is 3. The minimum atomic E-state index is 0.845. The molecule has 19 heavy (non-hydrogen) atoms. The molecule has 0 unspecified atom stereocenters. The molecule has 0 aliphatic rings. The molecule has 4 nitrogen and oxygen atoms in total. The van der Waals surface area contributed by atoms with Crippen molar-refractivity contribution in [2.24, 2.45) is 5.92 Å². The van der Waals surface area contributed by atoms with Crippen LogP contribution in [0.5, 0.6) is 0 Å². The van der Waals surface area contributed by atoms with Crippen LogP contribution in [0.25, 0.3) is 0 Å². The molecule has 0 aliphatic carbocycles. The minimum absolute atomic E-state index is 0.845. The van der Waals surface area contributed by atoms with Crippen LogP contribution in [0.2, 0.25) is 0 Å². The standard InChI is InChI=1S/C15H30N4/c1-14(2)9-6-4-5-7-10-15-13-17-18-19(15)12-8-11-16-3/h13-14,16H,4-12H2,1-3H3. The van der Waals surface area contributed by atoms with Gasteiger partial charge in [0.1, 0.15) is 0 Å². The number of aryl methyl sites for hydroxylation is 2. The van der Waals surface area contributed by atoms with Crippen molar-refractivity contribution in [1.82, 2.24) is 20.3 Å². The molecule has 0 fully saturated rings. The summed E-state index contributed by atoms with van der Waals surface area (Å²) in [5, 5.41) is 11.4. The minimum Gasteiger partial charge on any atom is -0.320 e. The van der Waals surface area contributed by atoms with Crippen LogP contribution in [0.4, 0.5) is 0 Å². The van der Waals surface area contributed by atoms with Gasteiger partial charge in [0.05, 0.1) is 11.9 Å². The molecule has 0 saturated heterocycles. The molecule has 0 atom stereocenters. The first kappa shape index (κ1) is 16.2. The first-order valence-corrected chi connectivity index (χ1v) is 7.76. The van der Waals surface area contributed by atoms with Gasteiger partial charge < -0.3 is 5.32 Å². The smallest absolute Gasteiger partial charge is 0.0725 e. The first-order valence-electron chi connectivity index (χ1n) is 7.76. The first-order chi connectivity index (χ1) is 9.24. The van der Waals surface area contributed by atoms with Gasteiger partial charge in [0, 0.05) is 6.54 Å². The average Bonchev–Trinajstić information content (AvgIpc) is 2.81. The van der Waals surface area contributed by atoms with E-state index >= 15 is 0 Å². The van der Waals surface area contributed by atoms with Crippen molar-refractivity contribution in [2.75, 3.05) is 13.6 Å². The van der Waals surface area contributed by atoms with Gasteiger partial charge in [-0.2, -0.15) is 0 Å². The molecule has 0 saturated carbocycles. The summed E-state index contributed by atoms with van der Waals surface area (Å²) >= 11 is 0. The lowest BCUT2D eigenvalue weighted by Gasteiger charge is -2.06. The number of nitrogens with one attached hydrogen (secondary N) is 1. The third-order valence-electron chi connectivity index (χ3n) is 3.46. The van der Waals surface area contributed by atoms with Gasteiger partial charge in [0.2, 0.25) is 0 Å². The molecule has 110 valence electrons. The van der Waals surface area contributed by atoms with Gasteiger partial charge in [-0.1, -0.05) is 44.7 Å². The fourth-order valence-electron chi connectivity index (χ4n) is 2.28. The Morgan fingerprint density at radius 2 is 1.95 bits per heavy atom. The van der Waals surface area contributed by atoms with Crippen molar-refractivity contribution < 1.29 is 0 Å². The van der Waals surface area contributed by atoms with Crippen molar-refractivity contribution in [1.29, 1.82) is 0 Å². The Balaban J connectivity index is 2.13. The van der Waals surface area contributed by atoms with Crippen LogP contribution in [-0.4, -0.2) is 28.6 Å². The van der Waals surface area contributed by atoms with Gasteiger partial charge in [0.15, 0.2) is 0 Å². The van der Waals surface area contributed by atoms with E-state index in [0.717, 1.165) is 31.8 Å². The van der Waals surface area contributed by atoms with Crippen LogP contribution in [0.15, 0.2) is 6.20 Å². The Morgan fingerprint density at radius 1 is 1.16 bits per heavy atom. The van der Waals surface area contributed by atoms with Crippen molar-refractivity contribution in [3.05, 3.63) is 11.9 Å². The molecular formula is C15H30N4. The van der Waals surface area contributed by atoms with E-state index in [4.69, 9.17) is 0 Å². The van der Waals surface area contributed by atoms with E-state index in [1.54, 1.807) is 0 Å². The fourth-order valence-corrected chi connectivity index (χ4v) is 2.28. The predicted molar refractivity (Wildman–Crippen MR) is 80.2 cm³/mol. The summed E-state index contributed by atoms with van der Waals surface area (Å²) in [5.41, 5.74) is 1.29. The summed E-state index contributed by atoms with van der Waals surface area (Å²) in [4.78, 5) is 0. The van der Waals surface area contributed by atoms with Gasteiger partial charge in [-0.15, -0.1) is 5.10 Å². The number of hydrogen-bond acceptors (Lipinski definition) is 3. The molecule has 0 aliphatic heterocycles. The van der Waals surface area contributed by atoms with Crippen LogP contribution in [0, 0.1) is 5.92 Å². The van der Waals surface area contributed by atoms with Gasteiger partial charge >= 0.3 is 0 Å². The Hall–Kier alpha value is -0.900. The van der Waals surface area contributed by atoms with E-state index in [-0.39, 0.29) is 0 Å². The molecule has 0 spiro atoms. The highest BCUT2D eigenvalue weighted by Gasteiger charge is 2.03. The maximum Gasteiger partial charge on any atom is 0.0725 e. The van der Waals surface area contributed by atoms with Crippen LogP contribution in [-0.2, 0) is 13.0 Å². The summed E-state index contributed by atoms with van der Waals surface area (Å²) in [7, 11) is 1.99. The number of aromatic nitrogens is 3.